The van der Waals surface area contributed by atoms with Gasteiger partial charge in [0.15, 0.2) is 0 Å². The topological polar surface area (TPSA) is 25.8 Å². The Kier molecular flexibility index (Phi) is 4.55. The second-order valence-corrected chi connectivity index (χ2v) is 4.43. The SMILES string of the molecule is CCCCCc1c(F)nc(F)nc1-c1ccccc1. The summed E-state index contributed by atoms with van der Waals surface area (Å²) in [4.78, 5) is 6.96. The van der Waals surface area contributed by atoms with E-state index in [1.54, 1.807) is 12.1 Å². The fourth-order valence-corrected chi connectivity index (χ4v) is 2.04. The molecule has 1 aromatic heterocycles. The van der Waals surface area contributed by atoms with Crippen LogP contribution in [0.15, 0.2) is 30.3 Å². The van der Waals surface area contributed by atoms with E-state index in [1.165, 1.54) is 0 Å². The molecular weight excluding hydrogens is 246 g/mol. The molecule has 19 heavy (non-hydrogen) atoms. The Labute approximate surface area is 111 Å². The largest absolute Gasteiger partial charge is 0.311 e. The molecule has 0 radical (unpaired) electrons. The summed E-state index contributed by atoms with van der Waals surface area (Å²) in [6, 6.07) is 9.09. The van der Waals surface area contributed by atoms with Gasteiger partial charge in [-0.2, -0.15) is 13.8 Å². The molecule has 0 aliphatic rings. The monoisotopic (exact) mass is 262 g/mol. The van der Waals surface area contributed by atoms with E-state index < -0.39 is 12.0 Å². The molecule has 0 N–H and O–H groups in total. The van der Waals surface area contributed by atoms with Crippen molar-refractivity contribution in [3.8, 4) is 11.3 Å². The van der Waals surface area contributed by atoms with Gasteiger partial charge < -0.3 is 0 Å². The molecule has 0 unspecified atom stereocenters. The first-order chi connectivity index (χ1) is 9.22. The Morgan fingerprint density at radius 1 is 1.00 bits per heavy atom. The van der Waals surface area contributed by atoms with Gasteiger partial charge in [0.2, 0.25) is 5.95 Å². The summed E-state index contributed by atoms with van der Waals surface area (Å²) < 4.78 is 27.1. The molecule has 2 nitrogen and oxygen atoms in total. The Bertz CT molecular complexity index is 541. The van der Waals surface area contributed by atoms with Gasteiger partial charge in [-0.25, -0.2) is 4.98 Å². The maximum absolute atomic E-state index is 13.8. The third kappa shape index (κ3) is 3.34. The minimum atomic E-state index is -1.02. The summed E-state index contributed by atoms with van der Waals surface area (Å²) in [6.45, 7) is 2.08. The van der Waals surface area contributed by atoms with E-state index in [2.05, 4.69) is 16.9 Å². The van der Waals surface area contributed by atoms with Crippen LogP contribution in [0.25, 0.3) is 11.3 Å². The first-order valence-electron chi connectivity index (χ1n) is 6.49. The first kappa shape index (κ1) is 13.6. The fraction of sp³-hybridized carbons (Fsp3) is 0.333. The summed E-state index contributed by atoms with van der Waals surface area (Å²) >= 11 is 0. The number of halogens is 2. The van der Waals surface area contributed by atoms with Crippen molar-refractivity contribution < 1.29 is 8.78 Å². The molecule has 2 aromatic rings. The molecule has 0 spiro atoms. The highest BCUT2D eigenvalue weighted by atomic mass is 19.1. The van der Waals surface area contributed by atoms with Gasteiger partial charge in [0, 0.05) is 11.1 Å². The zero-order valence-corrected chi connectivity index (χ0v) is 10.9. The molecule has 0 saturated carbocycles. The van der Waals surface area contributed by atoms with E-state index in [0.29, 0.717) is 23.2 Å². The zero-order valence-electron chi connectivity index (χ0n) is 10.9. The van der Waals surface area contributed by atoms with Crippen molar-refractivity contribution in [2.45, 2.75) is 32.6 Å². The third-order valence-corrected chi connectivity index (χ3v) is 3.01. The maximum Gasteiger partial charge on any atom is 0.311 e. The zero-order chi connectivity index (χ0) is 13.7. The number of nitrogens with zero attached hydrogens (tertiary/aromatic N) is 2. The van der Waals surface area contributed by atoms with Crippen molar-refractivity contribution in [1.82, 2.24) is 9.97 Å². The van der Waals surface area contributed by atoms with Crippen LogP contribution in [0.5, 0.6) is 0 Å². The van der Waals surface area contributed by atoms with Gasteiger partial charge >= 0.3 is 6.08 Å². The van der Waals surface area contributed by atoms with Crippen molar-refractivity contribution in [3.05, 3.63) is 47.9 Å². The van der Waals surface area contributed by atoms with Gasteiger partial charge in [0.05, 0.1) is 5.69 Å². The third-order valence-electron chi connectivity index (χ3n) is 3.01. The maximum atomic E-state index is 13.8. The summed E-state index contributed by atoms with van der Waals surface area (Å²) in [6.07, 6.45) is 2.41. The van der Waals surface area contributed by atoms with Gasteiger partial charge in [-0.15, -0.1) is 0 Å². The van der Waals surface area contributed by atoms with E-state index in [1.807, 2.05) is 18.2 Å². The van der Waals surface area contributed by atoms with Crippen LogP contribution in [0, 0.1) is 12.0 Å². The van der Waals surface area contributed by atoms with E-state index in [4.69, 9.17) is 0 Å². The summed E-state index contributed by atoms with van der Waals surface area (Å²) in [5.74, 6) is -0.748. The predicted octanol–water partition coefficient (Wildman–Crippen LogP) is 4.15. The van der Waals surface area contributed by atoms with Gasteiger partial charge in [-0.05, 0) is 12.8 Å². The van der Waals surface area contributed by atoms with Gasteiger partial charge in [-0.3, -0.25) is 0 Å². The Hall–Kier alpha value is -1.84. The Morgan fingerprint density at radius 3 is 2.42 bits per heavy atom. The second kappa shape index (κ2) is 6.36. The fourth-order valence-electron chi connectivity index (χ4n) is 2.04. The first-order valence-corrected chi connectivity index (χ1v) is 6.49. The molecule has 1 aromatic carbocycles. The Morgan fingerprint density at radius 2 is 1.74 bits per heavy atom. The number of hydrogen-bond donors (Lipinski definition) is 0. The molecule has 100 valence electrons. The molecular formula is C15H16F2N2. The van der Waals surface area contributed by atoms with Crippen LogP contribution >= 0.6 is 0 Å². The van der Waals surface area contributed by atoms with E-state index in [-0.39, 0.29) is 0 Å². The van der Waals surface area contributed by atoms with Crippen molar-refractivity contribution >= 4 is 0 Å². The number of hydrogen-bond acceptors (Lipinski definition) is 2. The van der Waals surface area contributed by atoms with Crippen molar-refractivity contribution in [3.63, 3.8) is 0 Å². The summed E-state index contributed by atoms with van der Waals surface area (Å²) in [7, 11) is 0. The highest BCUT2D eigenvalue weighted by Gasteiger charge is 2.15. The lowest BCUT2D eigenvalue weighted by Gasteiger charge is -2.09. The van der Waals surface area contributed by atoms with Crippen LogP contribution in [0.3, 0.4) is 0 Å². The average Bonchev–Trinajstić information content (AvgIpc) is 2.42. The highest BCUT2D eigenvalue weighted by Crippen LogP contribution is 2.24. The lowest BCUT2D eigenvalue weighted by Crippen LogP contribution is -2.04. The average molecular weight is 262 g/mol. The van der Waals surface area contributed by atoms with Crippen LogP contribution in [-0.2, 0) is 6.42 Å². The molecule has 0 amide bonds. The molecule has 0 atom stereocenters. The van der Waals surface area contributed by atoms with Crippen LogP contribution in [0.1, 0.15) is 31.7 Å². The van der Waals surface area contributed by atoms with Crippen LogP contribution in [-0.4, -0.2) is 9.97 Å². The molecule has 0 aliphatic carbocycles. The highest BCUT2D eigenvalue weighted by molar-refractivity contribution is 5.62. The quantitative estimate of drug-likeness (QED) is 0.459. The second-order valence-electron chi connectivity index (χ2n) is 4.43. The molecule has 1 heterocycles. The van der Waals surface area contributed by atoms with Gasteiger partial charge in [0.25, 0.3) is 0 Å². The van der Waals surface area contributed by atoms with E-state index >= 15 is 0 Å². The molecule has 4 heteroatoms. The normalized spacial score (nSPS) is 10.7. The Balaban J connectivity index is 2.40. The lowest BCUT2D eigenvalue weighted by molar-refractivity contribution is 0.473. The number of benzene rings is 1. The molecule has 0 bridgehead atoms. The molecule has 0 fully saturated rings. The molecule has 0 saturated heterocycles. The standard InChI is InChI=1S/C15H16F2N2/c1-2-3-5-10-12-13(11-8-6-4-7-9-11)18-15(17)19-14(12)16/h4,6-9H,2-3,5,10H2,1H3. The minimum absolute atomic E-state index is 0.363. The molecule has 2 rings (SSSR count). The lowest BCUT2D eigenvalue weighted by atomic mass is 10.0. The van der Waals surface area contributed by atoms with Crippen molar-refractivity contribution in [1.29, 1.82) is 0 Å². The van der Waals surface area contributed by atoms with Gasteiger partial charge in [-0.1, -0.05) is 50.1 Å². The molecule has 0 aliphatic heterocycles. The number of rotatable bonds is 5. The van der Waals surface area contributed by atoms with Gasteiger partial charge in [0.1, 0.15) is 0 Å². The summed E-state index contributed by atoms with van der Waals surface area (Å²) in [5, 5.41) is 0. The smallest absolute Gasteiger partial charge is 0.202 e. The van der Waals surface area contributed by atoms with E-state index in [0.717, 1.165) is 19.3 Å². The summed E-state index contributed by atoms with van der Waals surface area (Å²) in [5.41, 5.74) is 1.48. The van der Waals surface area contributed by atoms with Crippen LogP contribution in [0.4, 0.5) is 8.78 Å². The van der Waals surface area contributed by atoms with Crippen LogP contribution < -0.4 is 0 Å². The van der Waals surface area contributed by atoms with Crippen LogP contribution in [0.2, 0.25) is 0 Å². The predicted molar refractivity (Wildman–Crippen MR) is 70.6 cm³/mol. The van der Waals surface area contributed by atoms with Crippen molar-refractivity contribution in [2.24, 2.45) is 0 Å². The van der Waals surface area contributed by atoms with E-state index in [9.17, 15) is 8.78 Å². The number of unbranched alkanes of at least 4 members (excludes halogenated alkanes) is 2. The minimum Gasteiger partial charge on any atom is -0.202 e. The number of aromatic nitrogens is 2. The van der Waals surface area contributed by atoms with Crippen molar-refractivity contribution in [2.75, 3.05) is 0 Å².